The Labute approximate surface area is 149 Å². The van der Waals surface area contributed by atoms with Gasteiger partial charge in [-0.1, -0.05) is 18.7 Å². The molecule has 5 heteroatoms. The van der Waals surface area contributed by atoms with Crippen LogP contribution in [0, 0.1) is 5.92 Å². The molecule has 3 aliphatic rings. The van der Waals surface area contributed by atoms with Crippen LogP contribution in [0.5, 0.6) is 0 Å². The van der Waals surface area contributed by atoms with Crippen LogP contribution in [0.2, 0.25) is 0 Å². The highest BCUT2D eigenvalue weighted by molar-refractivity contribution is 5.94. The van der Waals surface area contributed by atoms with Gasteiger partial charge < -0.3 is 14.6 Å². The maximum atomic E-state index is 12.7. The van der Waals surface area contributed by atoms with Gasteiger partial charge in [-0.15, -0.1) is 0 Å². The number of rotatable bonds is 0. The molecule has 1 N–H and O–H groups in total. The number of aliphatic hydroxyl groups is 1. The molecule has 0 spiro atoms. The molecule has 2 heterocycles. The van der Waals surface area contributed by atoms with Crippen molar-refractivity contribution in [2.45, 2.75) is 82.2 Å². The summed E-state index contributed by atoms with van der Waals surface area (Å²) in [5.74, 6) is -0.656. The summed E-state index contributed by atoms with van der Waals surface area (Å²) in [6, 6.07) is 0. The van der Waals surface area contributed by atoms with Crippen molar-refractivity contribution in [3.63, 3.8) is 0 Å². The van der Waals surface area contributed by atoms with E-state index in [1.807, 2.05) is 13.0 Å². The van der Waals surface area contributed by atoms with Crippen LogP contribution in [0.25, 0.3) is 0 Å². The minimum absolute atomic E-state index is 0.0241. The molecule has 2 saturated heterocycles. The number of esters is 1. The van der Waals surface area contributed by atoms with Crippen LogP contribution in [0.1, 0.15) is 59.3 Å². The molecular weight excluding hydrogens is 320 g/mol. The molecule has 0 radical (unpaired) electrons. The zero-order chi connectivity index (χ0) is 18.5. The predicted octanol–water partition coefficient (Wildman–Crippen LogP) is 2.86. The Balaban J connectivity index is 1.89. The summed E-state index contributed by atoms with van der Waals surface area (Å²) in [5, 5.41) is 10.5. The van der Waals surface area contributed by atoms with Gasteiger partial charge in [0.2, 0.25) is 0 Å². The lowest BCUT2D eigenvalue weighted by Gasteiger charge is -2.28. The highest BCUT2D eigenvalue weighted by Crippen LogP contribution is 2.46. The Hall–Kier alpha value is -1.46. The Morgan fingerprint density at radius 2 is 1.96 bits per heavy atom. The monoisotopic (exact) mass is 348 g/mol. The molecule has 5 nitrogen and oxygen atoms in total. The van der Waals surface area contributed by atoms with Crippen LogP contribution in [-0.2, 0) is 19.1 Å². The minimum Gasteiger partial charge on any atom is -0.448 e. The van der Waals surface area contributed by atoms with E-state index >= 15 is 0 Å². The summed E-state index contributed by atoms with van der Waals surface area (Å²) in [7, 11) is 0. The molecule has 2 aliphatic heterocycles. The molecule has 25 heavy (non-hydrogen) atoms. The molecule has 0 amide bonds. The third-order valence-electron chi connectivity index (χ3n) is 6.02. The average Bonchev–Trinajstić information content (AvgIpc) is 3.18. The molecule has 0 aromatic rings. The number of hydrogen-bond donors (Lipinski definition) is 1. The first-order valence-corrected chi connectivity index (χ1v) is 9.08. The standard InChI is InChI=1S/C20H28O5/c1-13-14-6-11-19(3,25-17(13)22)15(21)7-10-18(2,23)8-5-9-20(4)16(12-14)24-20/h5,8,14,16,23H,1,6-7,9-12H2,2-4H3/b8-5+/t14-,16+,18+,19-,20+/m1/s1. The van der Waals surface area contributed by atoms with E-state index in [9.17, 15) is 14.7 Å². The number of Topliss-reactive ketones (excluding diaryl/α,β-unsaturated/α-hetero) is 1. The molecule has 0 aromatic heterocycles. The summed E-state index contributed by atoms with van der Waals surface area (Å²) in [5.41, 5.74) is -2.04. The average molecular weight is 348 g/mol. The first-order valence-electron chi connectivity index (χ1n) is 9.08. The third kappa shape index (κ3) is 3.72. The van der Waals surface area contributed by atoms with Gasteiger partial charge in [-0.2, -0.15) is 0 Å². The van der Waals surface area contributed by atoms with E-state index < -0.39 is 17.2 Å². The first kappa shape index (κ1) is 18.3. The number of epoxide rings is 1. The maximum absolute atomic E-state index is 12.7. The Bertz CT molecular complexity index is 634. The Morgan fingerprint density at radius 1 is 1.24 bits per heavy atom. The van der Waals surface area contributed by atoms with E-state index in [0.29, 0.717) is 37.7 Å². The lowest BCUT2D eigenvalue weighted by Crippen LogP contribution is -2.40. The smallest absolute Gasteiger partial charge is 0.334 e. The van der Waals surface area contributed by atoms with Crippen molar-refractivity contribution in [2.24, 2.45) is 5.92 Å². The molecule has 0 unspecified atom stereocenters. The Kier molecular flexibility index (Phi) is 4.44. The fraction of sp³-hybridized carbons (Fsp3) is 0.700. The van der Waals surface area contributed by atoms with Crippen molar-refractivity contribution in [3.8, 4) is 0 Å². The van der Waals surface area contributed by atoms with Gasteiger partial charge in [-0.3, -0.25) is 4.79 Å². The minimum atomic E-state index is -1.15. The van der Waals surface area contributed by atoms with Crippen LogP contribution < -0.4 is 0 Å². The molecule has 3 rings (SSSR count). The SMILES string of the molecule is C=C1C(=O)O[C@]2(C)CC[C@@H]1C[C@@H]1O[C@@]1(C)C/C=C/[C@](C)(O)CCC2=O. The molecule has 2 bridgehead atoms. The maximum Gasteiger partial charge on any atom is 0.334 e. The first-order chi connectivity index (χ1) is 11.5. The van der Waals surface area contributed by atoms with Crippen LogP contribution in [0.15, 0.2) is 24.3 Å². The van der Waals surface area contributed by atoms with E-state index in [-0.39, 0.29) is 29.8 Å². The molecular formula is C20H28O5. The van der Waals surface area contributed by atoms with Crippen molar-refractivity contribution in [1.82, 2.24) is 0 Å². The van der Waals surface area contributed by atoms with Crippen LogP contribution in [0.4, 0.5) is 0 Å². The van der Waals surface area contributed by atoms with Crippen molar-refractivity contribution in [1.29, 1.82) is 0 Å². The van der Waals surface area contributed by atoms with E-state index in [2.05, 4.69) is 6.58 Å². The van der Waals surface area contributed by atoms with Gasteiger partial charge in [0.05, 0.1) is 17.3 Å². The van der Waals surface area contributed by atoms with E-state index in [4.69, 9.17) is 9.47 Å². The van der Waals surface area contributed by atoms with Crippen molar-refractivity contribution < 1.29 is 24.2 Å². The third-order valence-corrected chi connectivity index (χ3v) is 6.02. The van der Waals surface area contributed by atoms with Gasteiger partial charge in [-0.25, -0.2) is 4.79 Å². The van der Waals surface area contributed by atoms with E-state index in [1.54, 1.807) is 19.9 Å². The summed E-state index contributed by atoms with van der Waals surface area (Å²) < 4.78 is 11.4. The quantitative estimate of drug-likeness (QED) is 0.315. The van der Waals surface area contributed by atoms with Gasteiger partial charge in [0.25, 0.3) is 0 Å². The van der Waals surface area contributed by atoms with E-state index in [0.717, 1.165) is 0 Å². The van der Waals surface area contributed by atoms with Crippen LogP contribution >= 0.6 is 0 Å². The van der Waals surface area contributed by atoms with Gasteiger partial charge in [-0.05, 0) is 58.8 Å². The van der Waals surface area contributed by atoms with E-state index in [1.165, 1.54) is 0 Å². The topological polar surface area (TPSA) is 76.1 Å². The van der Waals surface area contributed by atoms with Crippen molar-refractivity contribution in [2.75, 3.05) is 0 Å². The number of carbonyl (C=O) groups excluding carboxylic acids is 2. The lowest BCUT2D eigenvalue weighted by molar-refractivity contribution is -0.162. The summed E-state index contributed by atoms with van der Waals surface area (Å²) >= 11 is 0. The lowest BCUT2D eigenvalue weighted by atomic mass is 9.82. The molecule has 138 valence electrons. The van der Waals surface area contributed by atoms with Gasteiger partial charge in [0.1, 0.15) is 0 Å². The molecule has 5 atom stereocenters. The second-order valence-electron chi connectivity index (χ2n) is 8.42. The summed E-state index contributed by atoms with van der Waals surface area (Å²) in [6.45, 7) is 9.34. The molecule has 0 saturated carbocycles. The Morgan fingerprint density at radius 3 is 2.68 bits per heavy atom. The zero-order valence-electron chi connectivity index (χ0n) is 15.3. The predicted molar refractivity (Wildman–Crippen MR) is 92.9 cm³/mol. The molecule has 1 aliphatic carbocycles. The highest BCUT2D eigenvalue weighted by Gasteiger charge is 2.53. The number of fused-ring (bicyclic) bond motifs is 4. The number of ether oxygens (including phenoxy) is 2. The summed E-state index contributed by atoms with van der Waals surface area (Å²) in [4.78, 5) is 25.1. The van der Waals surface area contributed by atoms with Gasteiger partial charge in [0, 0.05) is 12.0 Å². The van der Waals surface area contributed by atoms with Gasteiger partial charge >= 0.3 is 5.97 Å². The summed E-state index contributed by atoms with van der Waals surface area (Å²) in [6.07, 6.45) is 6.74. The van der Waals surface area contributed by atoms with Crippen molar-refractivity contribution in [3.05, 3.63) is 24.3 Å². The van der Waals surface area contributed by atoms with Crippen molar-refractivity contribution >= 4 is 11.8 Å². The van der Waals surface area contributed by atoms with Crippen LogP contribution in [0.3, 0.4) is 0 Å². The second-order valence-corrected chi connectivity index (χ2v) is 8.42. The molecule has 0 aromatic carbocycles. The normalized spacial score (nSPS) is 46.6. The number of ketones is 1. The van der Waals surface area contributed by atoms with Crippen LogP contribution in [-0.4, -0.2) is 39.8 Å². The van der Waals surface area contributed by atoms with Gasteiger partial charge in [0.15, 0.2) is 11.4 Å². The second kappa shape index (κ2) is 6.06. The highest BCUT2D eigenvalue weighted by atomic mass is 16.6. The fourth-order valence-electron chi connectivity index (χ4n) is 3.86. The zero-order valence-corrected chi connectivity index (χ0v) is 15.3. The molecule has 2 fully saturated rings. The largest absolute Gasteiger partial charge is 0.448 e. The number of carbonyl (C=O) groups is 2. The fourth-order valence-corrected chi connectivity index (χ4v) is 3.86. The number of hydrogen-bond acceptors (Lipinski definition) is 5.